The molecule has 1 amide bonds. The summed E-state index contributed by atoms with van der Waals surface area (Å²) in [6, 6.07) is 12.4. The Balaban J connectivity index is 1.77. The number of thioether (sulfide) groups is 1. The summed E-state index contributed by atoms with van der Waals surface area (Å²) in [4.78, 5) is 17.1. The molecule has 1 saturated heterocycles. The average Bonchev–Trinajstić information content (AvgIpc) is 2.92. The first kappa shape index (κ1) is 17.6. The van der Waals surface area contributed by atoms with Gasteiger partial charge in [-0.25, -0.2) is 4.99 Å². The van der Waals surface area contributed by atoms with E-state index in [0.717, 1.165) is 17.0 Å². The summed E-state index contributed by atoms with van der Waals surface area (Å²) < 4.78 is 5.97. The van der Waals surface area contributed by atoms with E-state index in [9.17, 15) is 9.90 Å². The largest absolute Gasteiger partial charge is 0.507 e. The van der Waals surface area contributed by atoms with E-state index < -0.39 is 0 Å². The van der Waals surface area contributed by atoms with Crippen LogP contribution in [0.25, 0.3) is 6.08 Å². The van der Waals surface area contributed by atoms with Crippen molar-refractivity contribution < 1.29 is 14.6 Å². The lowest BCUT2D eigenvalue weighted by Gasteiger charge is -2.02. The first-order valence-corrected chi connectivity index (χ1v) is 9.17. The number of halogens is 1. The van der Waals surface area contributed by atoms with E-state index in [2.05, 4.69) is 26.2 Å². The summed E-state index contributed by atoms with van der Waals surface area (Å²) in [5.74, 6) is 0.746. The number of rotatable bonds is 4. The second kappa shape index (κ2) is 7.76. The molecule has 7 heteroatoms. The van der Waals surface area contributed by atoms with Crippen molar-refractivity contribution in [1.29, 1.82) is 0 Å². The molecular weight excluding hydrogens is 404 g/mol. The predicted molar refractivity (Wildman–Crippen MR) is 104 cm³/mol. The summed E-state index contributed by atoms with van der Waals surface area (Å²) in [6.07, 6.45) is 1.75. The van der Waals surface area contributed by atoms with Crippen LogP contribution in [-0.4, -0.2) is 22.8 Å². The fraction of sp³-hybridized carbons (Fsp3) is 0.111. The lowest BCUT2D eigenvalue weighted by Crippen LogP contribution is -2.19. The number of phenolic OH excluding ortho intramolecular Hbond substituents is 1. The predicted octanol–water partition coefficient (Wildman–Crippen LogP) is 4.45. The number of nitrogens with one attached hydrogen (secondary N) is 1. The van der Waals surface area contributed by atoms with Crippen LogP contribution < -0.4 is 10.1 Å². The maximum absolute atomic E-state index is 12.1. The topological polar surface area (TPSA) is 70.9 Å². The smallest absolute Gasteiger partial charge is 0.264 e. The first-order chi connectivity index (χ1) is 12.0. The number of carbonyl (C=O) groups is 1. The van der Waals surface area contributed by atoms with Crippen LogP contribution in [0.15, 0.2) is 56.8 Å². The molecule has 0 spiro atoms. The normalized spacial score (nSPS) is 17.1. The number of ether oxygens (including phenoxy) is 1. The minimum absolute atomic E-state index is 0.156. The number of nitrogens with zero attached hydrogens (tertiary/aromatic N) is 1. The first-order valence-electron chi connectivity index (χ1n) is 7.56. The molecule has 0 bridgehead atoms. The van der Waals surface area contributed by atoms with Gasteiger partial charge in [0, 0.05) is 0 Å². The van der Waals surface area contributed by atoms with Gasteiger partial charge in [-0.1, -0.05) is 6.07 Å². The van der Waals surface area contributed by atoms with Crippen LogP contribution in [0.1, 0.15) is 12.5 Å². The monoisotopic (exact) mass is 418 g/mol. The zero-order valence-corrected chi connectivity index (χ0v) is 15.7. The molecule has 128 valence electrons. The van der Waals surface area contributed by atoms with E-state index in [4.69, 9.17) is 4.74 Å². The molecule has 0 atom stereocenters. The minimum Gasteiger partial charge on any atom is -0.507 e. The van der Waals surface area contributed by atoms with Gasteiger partial charge in [-0.05, 0) is 82.7 Å². The van der Waals surface area contributed by atoms with Crippen molar-refractivity contribution in [2.24, 2.45) is 4.99 Å². The second-order valence-electron chi connectivity index (χ2n) is 5.12. The number of hydrogen-bond acceptors (Lipinski definition) is 5. The van der Waals surface area contributed by atoms with Crippen LogP contribution in [0, 0.1) is 0 Å². The number of amidine groups is 1. The van der Waals surface area contributed by atoms with Gasteiger partial charge in [0.1, 0.15) is 11.5 Å². The van der Waals surface area contributed by atoms with E-state index in [0.29, 0.717) is 21.2 Å². The zero-order chi connectivity index (χ0) is 17.8. The van der Waals surface area contributed by atoms with Crippen molar-refractivity contribution in [3.8, 4) is 11.5 Å². The molecule has 0 unspecified atom stereocenters. The molecule has 2 aromatic carbocycles. The summed E-state index contributed by atoms with van der Waals surface area (Å²) in [6.45, 7) is 2.54. The molecule has 0 aliphatic carbocycles. The van der Waals surface area contributed by atoms with Crippen LogP contribution in [0.4, 0.5) is 5.69 Å². The number of phenols is 1. The third-order valence-electron chi connectivity index (χ3n) is 3.30. The van der Waals surface area contributed by atoms with Crippen molar-refractivity contribution >= 4 is 50.5 Å². The third kappa shape index (κ3) is 4.43. The second-order valence-corrected chi connectivity index (χ2v) is 7.00. The Bertz CT molecular complexity index is 863. The number of aliphatic imine (C=N–C) groups is 1. The Morgan fingerprint density at radius 3 is 2.72 bits per heavy atom. The van der Waals surface area contributed by atoms with E-state index in [-0.39, 0.29) is 11.7 Å². The molecule has 3 rings (SSSR count). The Labute approximate surface area is 157 Å². The van der Waals surface area contributed by atoms with Crippen molar-refractivity contribution in [3.05, 3.63) is 57.4 Å². The molecule has 1 aliphatic rings. The highest BCUT2D eigenvalue weighted by molar-refractivity contribution is 9.10. The molecule has 1 aliphatic heterocycles. The van der Waals surface area contributed by atoms with Gasteiger partial charge in [0.25, 0.3) is 5.91 Å². The number of carbonyl (C=O) groups excluding carboxylic acids is 1. The maximum Gasteiger partial charge on any atom is 0.264 e. The molecule has 0 saturated carbocycles. The van der Waals surface area contributed by atoms with E-state index in [1.54, 1.807) is 24.3 Å². The van der Waals surface area contributed by atoms with Gasteiger partial charge in [-0.15, -0.1) is 0 Å². The minimum atomic E-state index is -0.195. The lowest BCUT2D eigenvalue weighted by molar-refractivity contribution is -0.115. The Hall–Kier alpha value is -2.25. The van der Waals surface area contributed by atoms with Crippen LogP contribution in [-0.2, 0) is 4.79 Å². The fourth-order valence-corrected chi connectivity index (χ4v) is 3.38. The van der Waals surface area contributed by atoms with Gasteiger partial charge >= 0.3 is 0 Å². The van der Waals surface area contributed by atoms with E-state index >= 15 is 0 Å². The van der Waals surface area contributed by atoms with Crippen LogP contribution in [0.2, 0.25) is 0 Å². The van der Waals surface area contributed by atoms with Gasteiger partial charge in [0.05, 0.1) is 21.7 Å². The SMILES string of the molecule is CCOc1ccc(N=C2NC(=O)C(=Cc3ccc(O)c(Br)c3)S2)cc1. The zero-order valence-electron chi connectivity index (χ0n) is 13.3. The molecule has 0 radical (unpaired) electrons. The van der Waals surface area contributed by atoms with Crippen molar-refractivity contribution in [3.63, 3.8) is 0 Å². The van der Waals surface area contributed by atoms with Gasteiger partial charge in [-0.3, -0.25) is 4.79 Å². The fourth-order valence-electron chi connectivity index (χ4n) is 2.15. The highest BCUT2D eigenvalue weighted by Crippen LogP contribution is 2.30. The average molecular weight is 419 g/mol. The van der Waals surface area contributed by atoms with Crippen LogP contribution in [0.3, 0.4) is 0 Å². The third-order valence-corrected chi connectivity index (χ3v) is 4.84. The Morgan fingerprint density at radius 2 is 2.04 bits per heavy atom. The summed E-state index contributed by atoms with van der Waals surface area (Å²) in [7, 11) is 0. The van der Waals surface area contributed by atoms with Crippen LogP contribution in [0.5, 0.6) is 11.5 Å². The molecule has 1 fully saturated rings. The van der Waals surface area contributed by atoms with E-state index in [1.165, 1.54) is 11.8 Å². The Kier molecular flexibility index (Phi) is 5.45. The van der Waals surface area contributed by atoms with Crippen LogP contribution >= 0.6 is 27.7 Å². The molecule has 5 nitrogen and oxygen atoms in total. The maximum atomic E-state index is 12.1. The summed E-state index contributed by atoms with van der Waals surface area (Å²) in [5, 5.41) is 12.8. The molecular formula is C18H15BrN2O3S. The van der Waals surface area contributed by atoms with Crippen molar-refractivity contribution in [1.82, 2.24) is 5.32 Å². The number of amides is 1. The molecule has 2 N–H and O–H groups in total. The molecule has 25 heavy (non-hydrogen) atoms. The van der Waals surface area contributed by atoms with Gasteiger partial charge < -0.3 is 15.2 Å². The highest BCUT2D eigenvalue weighted by atomic mass is 79.9. The van der Waals surface area contributed by atoms with Gasteiger partial charge in [-0.2, -0.15) is 0 Å². The van der Waals surface area contributed by atoms with E-state index in [1.807, 2.05) is 31.2 Å². The van der Waals surface area contributed by atoms with Crippen molar-refractivity contribution in [2.45, 2.75) is 6.92 Å². The lowest BCUT2D eigenvalue weighted by atomic mass is 10.2. The summed E-state index contributed by atoms with van der Waals surface area (Å²) in [5.41, 5.74) is 1.55. The molecule has 1 heterocycles. The number of aromatic hydroxyl groups is 1. The standard InChI is InChI=1S/C18H15BrN2O3S/c1-2-24-13-6-4-12(5-7-13)20-18-21-17(23)16(25-18)10-11-3-8-15(22)14(19)9-11/h3-10,22H,2H2,1H3,(H,20,21,23). The Morgan fingerprint density at radius 1 is 1.28 bits per heavy atom. The molecule has 2 aromatic rings. The van der Waals surface area contributed by atoms with Gasteiger partial charge in [0.15, 0.2) is 5.17 Å². The molecule has 0 aromatic heterocycles. The summed E-state index contributed by atoms with van der Waals surface area (Å²) >= 11 is 4.54. The highest BCUT2D eigenvalue weighted by Gasteiger charge is 2.23. The quantitative estimate of drug-likeness (QED) is 0.719. The van der Waals surface area contributed by atoms with Gasteiger partial charge in [0.2, 0.25) is 0 Å². The van der Waals surface area contributed by atoms with Crippen molar-refractivity contribution in [2.75, 3.05) is 6.61 Å². The number of hydrogen-bond donors (Lipinski definition) is 2. The number of benzene rings is 2.